The lowest BCUT2D eigenvalue weighted by atomic mass is 10.2. The number of amides is 2. The third-order valence-corrected chi connectivity index (χ3v) is 2.17. The highest BCUT2D eigenvalue weighted by molar-refractivity contribution is 5.75. The maximum Gasteiger partial charge on any atom is 0.220 e. The molecule has 2 amide bonds. The van der Waals surface area contributed by atoms with Crippen LogP contribution in [-0.2, 0) is 19.1 Å². The Bertz CT molecular complexity index is 212. The highest BCUT2D eigenvalue weighted by Gasteiger charge is 1.98. The fourth-order valence-electron chi connectivity index (χ4n) is 1.20. The van der Waals surface area contributed by atoms with Crippen molar-refractivity contribution >= 4 is 12.3 Å². The summed E-state index contributed by atoms with van der Waals surface area (Å²) in [6, 6.07) is 0. The number of hydrogen-bond acceptors (Lipinski definition) is 4. The molecule has 0 radical (unpaired) electrons. The maximum absolute atomic E-state index is 11.2. The second-order valence-corrected chi connectivity index (χ2v) is 3.75. The first-order valence-corrected chi connectivity index (χ1v) is 6.40. The molecule has 0 spiro atoms. The summed E-state index contributed by atoms with van der Waals surface area (Å²) in [5.74, 6) is 0.0802. The monoisotopic (exact) mass is 260 g/mol. The van der Waals surface area contributed by atoms with Crippen LogP contribution in [0.5, 0.6) is 0 Å². The predicted octanol–water partition coefficient (Wildman–Crippen LogP) is 0.0720. The lowest BCUT2D eigenvalue weighted by Gasteiger charge is -2.07. The summed E-state index contributed by atoms with van der Waals surface area (Å²) in [6.07, 6.45) is 3.18. The molecule has 0 aliphatic rings. The standard InChI is InChI=1S/C12H24N2O4/c1-2-3-4-12(16)14-6-8-18-10-9-17-7-5-13-11-15/h11H,2-10H2,1H3,(H,13,15)(H,14,16). The van der Waals surface area contributed by atoms with E-state index < -0.39 is 0 Å². The van der Waals surface area contributed by atoms with Crippen LogP contribution in [0.3, 0.4) is 0 Å². The Morgan fingerprint density at radius 1 is 1.11 bits per heavy atom. The first-order chi connectivity index (χ1) is 8.81. The van der Waals surface area contributed by atoms with Crippen LogP contribution in [0.1, 0.15) is 26.2 Å². The molecule has 0 fully saturated rings. The molecule has 0 aliphatic heterocycles. The van der Waals surface area contributed by atoms with Crippen LogP contribution >= 0.6 is 0 Å². The topological polar surface area (TPSA) is 76.7 Å². The molecule has 6 nitrogen and oxygen atoms in total. The third kappa shape index (κ3) is 12.9. The van der Waals surface area contributed by atoms with Gasteiger partial charge in [0.05, 0.1) is 26.4 Å². The lowest BCUT2D eigenvalue weighted by molar-refractivity contribution is -0.121. The molecular formula is C12H24N2O4. The molecule has 6 heteroatoms. The highest BCUT2D eigenvalue weighted by atomic mass is 16.5. The lowest BCUT2D eigenvalue weighted by Crippen LogP contribution is -2.27. The van der Waals surface area contributed by atoms with Crippen LogP contribution in [0.2, 0.25) is 0 Å². The molecule has 0 saturated carbocycles. The number of rotatable bonds is 13. The highest BCUT2D eigenvalue weighted by Crippen LogP contribution is 1.92. The van der Waals surface area contributed by atoms with Crippen molar-refractivity contribution in [2.75, 3.05) is 39.5 Å². The van der Waals surface area contributed by atoms with E-state index in [0.717, 1.165) is 12.8 Å². The van der Waals surface area contributed by atoms with E-state index in [9.17, 15) is 9.59 Å². The van der Waals surface area contributed by atoms with Crippen molar-refractivity contribution in [2.24, 2.45) is 0 Å². The van der Waals surface area contributed by atoms with Gasteiger partial charge in [-0.15, -0.1) is 0 Å². The van der Waals surface area contributed by atoms with Gasteiger partial charge in [0.25, 0.3) is 0 Å². The van der Waals surface area contributed by atoms with Gasteiger partial charge in [-0.1, -0.05) is 13.3 Å². The zero-order valence-electron chi connectivity index (χ0n) is 11.1. The minimum Gasteiger partial charge on any atom is -0.377 e. The summed E-state index contributed by atoms with van der Waals surface area (Å²) < 4.78 is 10.4. The van der Waals surface area contributed by atoms with Gasteiger partial charge < -0.3 is 20.1 Å². The number of ether oxygens (including phenoxy) is 2. The Hall–Kier alpha value is -1.14. The summed E-state index contributed by atoms with van der Waals surface area (Å²) in [6.45, 7) is 5.06. The van der Waals surface area contributed by atoms with E-state index in [4.69, 9.17) is 9.47 Å². The van der Waals surface area contributed by atoms with Gasteiger partial charge in [0, 0.05) is 19.5 Å². The van der Waals surface area contributed by atoms with E-state index in [2.05, 4.69) is 17.6 Å². The largest absolute Gasteiger partial charge is 0.377 e. The van der Waals surface area contributed by atoms with Gasteiger partial charge in [0.1, 0.15) is 0 Å². The van der Waals surface area contributed by atoms with Crippen molar-refractivity contribution in [1.29, 1.82) is 0 Å². The Labute approximate surface area is 108 Å². The molecule has 0 saturated heterocycles. The molecule has 0 aromatic rings. The van der Waals surface area contributed by atoms with E-state index in [0.29, 0.717) is 52.3 Å². The van der Waals surface area contributed by atoms with Gasteiger partial charge in [-0.25, -0.2) is 0 Å². The van der Waals surface area contributed by atoms with Gasteiger partial charge in [0.15, 0.2) is 0 Å². The number of hydrogen-bond donors (Lipinski definition) is 2. The maximum atomic E-state index is 11.2. The molecule has 0 bridgehead atoms. The van der Waals surface area contributed by atoms with Gasteiger partial charge in [-0.2, -0.15) is 0 Å². The fraction of sp³-hybridized carbons (Fsp3) is 0.833. The zero-order valence-corrected chi connectivity index (χ0v) is 11.1. The summed E-state index contributed by atoms with van der Waals surface area (Å²) in [5, 5.41) is 5.28. The molecule has 0 unspecified atom stereocenters. The van der Waals surface area contributed by atoms with Crippen LogP contribution in [0.4, 0.5) is 0 Å². The zero-order chi connectivity index (χ0) is 13.5. The SMILES string of the molecule is CCCCC(=O)NCCOCCOCCNC=O. The van der Waals surface area contributed by atoms with E-state index in [-0.39, 0.29) is 5.91 Å². The molecule has 0 rings (SSSR count). The molecule has 18 heavy (non-hydrogen) atoms. The Morgan fingerprint density at radius 2 is 1.78 bits per heavy atom. The second-order valence-electron chi connectivity index (χ2n) is 3.75. The number of carbonyl (C=O) groups excluding carboxylic acids is 2. The van der Waals surface area contributed by atoms with E-state index in [1.54, 1.807) is 0 Å². The van der Waals surface area contributed by atoms with Crippen molar-refractivity contribution in [3.63, 3.8) is 0 Å². The minimum absolute atomic E-state index is 0.0802. The summed E-state index contributed by atoms with van der Waals surface area (Å²) in [5.41, 5.74) is 0. The Morgan fingerprint density at radius 3 is 2.39 bits per heavy atom. The molecule has 0 heterocycles. The van der Waals surface area contributed by atoms with E-state index in [1.807, 2.05) is 0 Å². The van der Waals surface area contributed by atoms with Gasteiger partial charge in [-0.3, -0.25) is 9.59 Å². The molecular weight excluding hydrogens is 236 g/mol. The molecule has 2 N–H and O–H groups in total. The van der Waals surface area contributed by atoms with Crippen LogP contribution in [0.15, 0.2) is 0 Å². The molecule has 106 valence electrons. The van der Waals surface area contributed by atoms with Crippen molar-refractivity contribution in [3.8, 4) is 0 Å². The van der Waals surface area contributed by atoms with Gasteiger partial charge in [-0.05, 0) is 6.42 Å². The van der Waals surface area contributed by atoms with E-state index >= 15 is 0 Å². The van der Waals surface area contributed by atoms with Gasteiger partial charge in [0.2, 0.25) is 12.3 Å². The van der Waals surface area contributed by atoms with Crippen molar-refractivity contribution in [2.45, 2.75) is 26.2 Å². The van der Waals surface area contributed by atoms with Crippen molar-refractivity contribution in [1.82, 2.24) is 10.6 Å². The quantitative estimate of drug-likeness (QED) is 0.363. The number of carbonyl (C=O) groups is 2. The van der Waals surface area contributed by atoms with Crippen LogP contribution in [0.25, 0.3) is 0 Å². The van der Waals surface area contributed by atoms with Crippen molar-refractivity contribution in [3.05, 3.63) is 0 Å². The Balaban J connectivity index is 3.06. The normalized spacial score (nSPS) is 10.1. The van der Waals surface area contributed by atoms with Crippen LogP contribution in [-0.4, -0.2) is 51.8 Å². The Kier molecular flexibility index (Phi) is 13.0. The number of nitrogens with one attached hydrogen (secondary N) is 2. The average molecular weight is 260 g/mol. The van der Waals surface area contributed by atoms with Crippen molar-refractivity contribution < 1.29 is 19.1 Å². The van der Waals surface area contributed by atoms with E-state index in [1.165, 1.54) is 0 Å². The van der Waals surface area contributed by atoms with Gasteiger partial charge >= 0.3 is 0 Å². The second kappa shape index (κ2) is 13.9. The molecule has 0 aromatic heterocycles. The first kappa shape index (κ1) is 16.9. The minimum atomic E-state index is 0.0802. The predicted molar refractivity (Wildman–Crippen MR) is 68.2 cm³/mol. The van der Waals surface area contributed by atoms with Crippen LogP contribution in [0, 0.1) is 0 Å². The summed E-state index contributed by atoms with van der Waals surface area (Å²) in [4.78, 5) is 21.1. The summed E-state index contributed by atoms with van der Waals surface area (Å²) in [7, 11) is 0. The average Bonchev–Trinajstić information content (AvgIpc) is 2.38. The number of unbranched alkanes of at least 4 members (excludes halogenated alkanes) is 1. The molecule has 0 aromatic carbocycles. The fourth-order valence-corrected chi connectivity index (χ4v) is 1.20. The first-order valence-electron chi connectivity index (χ1n) is 6.40. The molecule has 0 atom stereocenters. The van der Waals surface area contributed by atoms with Crippen LogP contribution < -0.4 is 10.6 Å². The third-order valence-electron chi connectivity index (χ3n) is 2.17. The molecule has 0 aliphatic carbocycles. The summed E-state index contributed by atoms with van der Waals surface area (Å²) >= 11 is 0. The smallest absolute Gasteiger partial charge is 0.220 e.